The van der Waals surface area contributed by atoms with Crippen molar-refractivity contribution in [2.24, 2.45) is 11.5 Å². The third-order valence-corrected chi connectivity index (χ3v) is 5.10. The molecule has 7 atom stereocenters. The Morgan fingerprint density at radius 1 is 0.862 bits per heavy atom. The Kier molecular flexibility index (Phi) is 9.77. The Morgan fingerprint density at radius 2 is 1.34 bits per heavy atom. The van der Waals surface area contributed by atoms with Crippen molar-refractivity contribution < 1.29 is 62.6 Å². The summed E-state index contributed by atoms with van der Waals surface area (Å²) in [5.74, 6) is -1.16. The molecular weight excluding hydrogens is 442 g/mol. The van der Waals surface area contributed by atoms with Gasteiger partial charge in [-0.1, -0.05) is 6.42 Å². The fourth-order valence-corrected chi connectivity index (χ4v) is 3.84. The van der Waals surface area contributed by atoms with Crippen LogP contribution in [0.1, 0.15) is 19.3 Å². The van der Waals surface area contributed by atoms with E-state index in [9.17, 15) is 29.2 Å². The zero-order valence-corrected chi connectivity index (χ0v) is 16.8. The molecule has 17 heteroatoms. The standard InChI is InChI=1S/C12H26N2O13P2/c13-4-2-1-3-5(14)12(18)25-10-8(17)9(26-28(19,20)21)6(15)7(16)11(10)27-29(22,23)24/h5-11,15-17H,1-4,13-14H2,(H2,19,20,21)(H2,22,23,24)/t5-,6-,7-,8-,9+,10-,11+/m0/s1. The number of carbonyl (C=O) groups is 1. The molecule has 0 aromatic heterocycles. The molecule has 1 saturated carbocycles. The number of aliphatic hydroxyl groups is 3. The number of carbonyl (C=O) groups excluding carboxylic acids is 1. The Morgan fingerprint density at radius 3 is 1.83 bits per heavy atom. The highest BCUT2D eigenvalue weighted by molar-refractivity contribution is 7.46. The lowest BCUT2D eigenvalue weighted by atomic mass is 9.85. The van der Waals surface area contributed by atoms with Crippen LogP contribution >= 0.6 is 15.6 Å². The van der Waals surface area contributed by atoms with E-state index in [0.717, 1.165) is 0 Å². The molecule has 0 amide bonds. The molecule has 11 N–H and O–H groups in total. The number of phosphoric acid groups is 2. The predicted molar refractivity (Wildman–Crippen MR) is 92.6 cm³/mol. The summed E-state index contributed by atoms with van der Waals surface area (Å²) in [5, 5.41) is 30.3. The number of rotatable bonds is 10. The average Bonchev–Trinajstić information content (AvgIpc) is 2.58. The second-order valence-corrected chi connectivity index (χ2v) is 8.77. The van der Waals surface area contributed by atoms with Crippen LogP contribution in [-0.4, -0.2) is 90.1 Å². The van der Waals surface area contributed by atoms with Gasteiger partial charge in [-0.15, -0.1) is 0 Å². The smallest absolute Gasteiger partial charge is 0.455 e. The number of aliphatic hydroxyl groups excluding tert-OH is 3. The van der Waals surface area contributed by atoms with Crippen molar-refractivity contribution in [2.75, 3.05) is 6.54 Å². The lowest BCUT2D eigenvalue weighted by Crippen LogP contribution is -2.66. The van der Waals surface area contributed by atoms with Crippen molar-refractivity contribution in [2.45, 2.75) is 61.9 Å². The molecule has 0 aromatic carbocycles. The first-order valence-corrected chi connectivity index (χ1v) is 11.4. The SMILES string of the molecule is NCCCC[C@H](N)C(=O)O[C@H]1[C@@H](O)[C@H](OP(=O)(O)O)[C@@H](O)[C@H](O)[C@H]1OP(=O)(O)O. The van der Waals surface area contributed by atoms with Gasteiger partial charge in [-0.05, 0) is 19.4 Å². The van der Waals surface area contributed by atoms with Gasteiger partial charge in [0.05, 0.1) is 0 Å². The molecule has 1 aliphatic rings. The van der Waals surface area contributed by atoms with Crippen LogP contribution in [0.3, 0.4) is 0 Å². The average molecular weight is 468 g/mol. The summed E-state index contributed by atoms with van der Waals surface area (Å²) in [6, 6.07) is -1.24. The Balaban J connectivity index is 3.10. The molecule has 15 nitrogen and oxygen atoms in total. The predicted octanol–water partition coefficient (Wildman–Crippen LogP) is -3.59. The number of unbranched alkanes of at least 4 members (excludes halogenated alkanes) is 1. The van der Waals surface area contributed by atoms with E-state index in [1.165, 1.54) is 0 Å². The number of nitrogens with two attached hydrogens (primary N) is 2. The van der Waals surface area contributed by atoms with Gasteiger partial charge in [-0.25, -0.2) is 9.13 Å². The highest BCUT2D eigenvalue weighted by Gasteiger charge is 2.56. The second kappa shape index (κ2) is 10.7. The Labute approximate surface area is 165 Å². The van der Waals surface area contributed by atoms with Crippen LogP contribution in [-0.2, 0) is 27.7 Å². The molecule has 172 valence electrons. The van der Waals surface area contributed by atoms with Crippen LogP contribution in [0.5, 0.6) is 0 Å². The molecule has 1 aliphatic carbocycles. The Hall–Kier alpha value is -0.510. The van der Waals surface area contributed by atoms with Gasteiger partial charge in [0.25, 0.3) is 0 Å². The van der Waals surface area contributed by atoms with Crippen LogP contribution in [0.4, 0.5) is 0 Å². The van der Waals surface area contributed by atoms with Crippen molar-refractivity contribution in [1.82, 2.24) is 0 Å². The molecule has 0 spiro atoms. The third-order valence-electron chi connectivity index (χ3n) is 4.06. The van der Waals surface area contributed by atoms with E-state index >= 15 is 0 Å². The van der Waals surface area contributed by atoms with Gasteiger partial charge in [-0.3, -0.25) is 13.8 Å². The summed E-state index contributed by atoms with van der Waals surface area (Å²) in [5.41, 5.74) is 11.0. The topological polar surface area (TPSA) is 273 Å². The first-order valence-electron chi connectivity index (χ1n) is 8.36. The summed E-state index contributed by atoms with van der Waals surface area (Å²) < 4.78 is 35.7. The zero-order valence-electron chi connectivity index (χ0n) is 15.0. The second-order valence-electron chi connectivity index (χ2n) is 6.39. The van der Waals surface area contributed by atoms with E-state index in [-0.39, 0.29) is 6.42 Å². The van der Waals surface area contributed by atoms with Gasteiger partial charge in [0, 0.05) is 0 Å². The Bertz CT molecular complexity index is 639. The van der Waals surface area contributed by atoms with Crippen molar-refractivity contribution in [3.8, 4) is 0 Å². The lowest BCUT2D eigenvalue weighted by molar-refractivity contribution is -0.228. The molecular formula is C12H26N2O13P2. The minimum absolute atomic E-state index is 0.108. The van der Waals surface area contributed by atoms with E-state index in [1.807, 2.05) is 0 Å². The van der Waals surface area contributed by atoms with Crippen LogP contribution < -0.4 is 11.5 Å². The number of hydrogen-bond acceptors (Lipinski definition) is 11. The minimum Gasteiger partial charge on any atom is -0.455 e. The monoisotopic (exact) mass is 468 g/mol. The third kappa shape index (κ3) is 8.26. The highest BCUT2D eigenvalue weighted by atomic mass is 31.2. The zero-order chi connectivity index (χ0) is 22.6. The van der Waals surface area contributed by atoms with Gasteiger partial charge < -0.3 is 51.1 Å². The molecule has 0 aliphatic heterocycles. The van der Waals surface area contributed by atoms with E-state index in [1.54, 1.807) is 0 Å². The molecule has 0 aromatic rings. The van der Waals surface area contributed by atoms with E-state index < -0.39 is 64.3 Å². The first kappa shape index (κ1) is 26.5. The van der Waals surface area contributed by atoms with Crippen LogP contribution in [0.25, 0.3) is 0 Å². The largest absolute Gasteiger partial charge is 0.470 e. The normalized spacial score (nSPS) is 32.0. The number of phosphoric ester groups is 2. The molecule has 0 heterocycles. The van der Waals surface area contributed by atoms with E-state index in [0.29, 0.717) is 19.4 Å². The molecule has 29 heavy (non-hydrogen) atoms. The summed E-state index contributed by atoms with van der Waals surface area (Å²) in [6.07, 6.45) is -12.1. The molecule has 0 unspecified atom stereocenters. The number of hydrogen-bond donors (Lipinski definition) is 9. The van der Waals surface area contributed by atoms with Crippen LogP contribution in [0, 0.1) is 0 Å². The number of ether oxygens (including phenoxy) is 1. The lowest BCUT2D eigenvalue weighted by Gasteiger charge is -2.44. The molecule has 0 saturated heterocycles. The highest BCUT2D eigenvalue weighted by Crippen LogP contribution is 2.45. The van der Waals surface area contributed by atoms with E-state index in [4.69, 9.17) is 35.8 Å². The van der Waals surface area contributed by atoms with Crippen molar-refractivity contribution in [1.29, 1.82) is 0 Å². The molecule has 0 bridgehead atoms. The van der Waals surface area contributed by atoms with E-state index in [2.05, 4.69) is 9.05 Å². The van der Waals surface area contributed by atoms with Gasteiger partial charge in [0.2, 0.25) is 0 Å². The summed E-state index contributed by atoms with van der Waals surface area (Å²) in [6.45, 7) is 0.340. The maximum absolute atomic E-state index is 12.2. The van der Waals surface area contributed by atoms with Crippen molar-refractivity contribution in [3.05, 3.63) is 0 Å². The summed E-state index contributed by atoms with van der Waals surface area (Å²) >= 11 is 0. The minimum atomic E-state index is -5.32. The summed E-state index contributed by atoms with van der Waals surface area (Å²) in [7, 11) is -10.6. The van der Waals surface area contributed by atoms with Crippen molar-refractivity contribution in [3.63, 3.8) is 0 Å². The van der Waals surface area contributed by atoms with Gasteiger partial charge in [0.15, 0.2) is 6.10 Å². The first-order chi connectivity index (χ1) is 13.2. The number of esters is 1. The van der Waals surface area contributed by atoms with Gasteiger partial charge in [-0.2, -0.15) is 0 Å². The van der Waals surface area contributed by atoms with Gasteiger partial charge >= 0.3 is 21.6 Å². The fourth-order valence-electron chi connectivity index (χ4n) is 2.72. The van der Waals surface area contributed by atoms with Crippen molar-refractivity contribution >= 4 is 21.6 Å². The molecule has 1 fully saturated rings. The van der Waals surface area contributed by atoms with Crippen LogP contribution in [0.2, 0.25) is 0 Å². The quantitative estimate of drug-likeness (QED) is 0.0851. The fraction of sp³-hybridized carbons (Fsp3) is 0.917. The maximum atomic E-state index is 12.2. The maximum Gasteiger partial charge on any atom is 0.470 e. The molecule has 1 rings (SSSR count). The molecule has 0 radical (unpaired) electrons. The summed E-state index contributed by atoms with van der Waals surface area (Å²) in [4.78, 5) is 48.0. The van der Waals surface area contributed by atoms with Gasteiger partial charge in [0.1, 0.15) is 36.6 Å². The van der Waals surface area contributed by atoms with Crippen LogP contribution in [0.15, 0.2) is 0 Å².